The Morgan fingerprint density at radius 1 is 1.38 bits per heavy atom. The van der Waals surface area contributed by atoms with E-state index in [0.29, 0.717) is 6.54 Å². The van der Waals surface area contributed by atoms with Crippen LogP contribution in [0.1, 0.15) is 12.5 Å². The highest BCUT2D eigenvalue weighted by molar-refractivity contribution is 7.99. The lowest BCUT2D eigenvalue weighted by Gasteiger charge is -2.05. The zero-order valence-corrected chi connectivity index (χ0v) is 12.5. The molecule has 1 aromatic carbocycles. The van der Waals surface area contributed by atoms with Crippen LogP contribution in [0, 0.1) is 5.92 Å². The van der Waals surface area contributed by atoms with Crippen LogP contribution in [0.25, 0.3) is 5.57 Å². The molecule has 1 atom stereocenters. The number of carbonyl (C=O) groups is 1. The number of nitrogens with one attached hydrogen (secondary N) is 2. The van der Waals surface area contributed by atoms with Gasteiger partial charge in [0.05, 0.1) is 5.92 Å². The lowest BCUT2D eigenvalue weighted by atomic mass is 10.1. The first-order chi connectivity index (χ1) is 10.3. The van der Waals surface area contributed by atoms with E-state index in [4.69, 9.17) is 0 Å². The van der Waals surface area contributed by atoms with Gasteiger partial charge in [0, 0.05) is 12.3 Å². The first-order valence-electron chi connectivity index (χ1n) is 6.79. The summed E-state index contributed by atoms with van der Waals surface area (Å²) in [6, 6.07) is 10.1. The topological polar surface area (TPSA) is 70.7 Å². The molecule has 0 saturated heterocycles. The van der Waals surface area contributed by atoms with E-state index in [9.17, 15) is 4.79 Å². The number of aromatic amines is 1. The van der Waals surface area contributed by atoms with Crippen molar-refractivity contribution in [3.8, 4) is 0 Å². The average Bonchev–Trinajstić information content (AvgIpc) is 2.94. The second kappa shape index (κ2) is 6.13. The number of carbonyl (C=O) groups excluding carboxylic acids is 1. The van der Waals surface area contributed by atoms with Gasteiger partial charge in [0.15, 0.2) is 5.16 Å². The number of rotatable bonds is 6. The minimum Gasteiger partial charge on any atom is -0.354 e. The maximum absolute atomic E-state index is 12.2. The number of nitrogens with zero attached hydrogens (tertiary/aromatic N) is 2. The molecule has 0 aliphatic heterocycles. The van der Waals surface area contributed by atoms with Gasteiger partial charge in [0.25, 0.3) is 0 Å². The first-order valence-corrected chi connectivity index (χ1v) is 7.78. The van der Waals surface area contributed by atoms with Gasteiger partial charge >= 0.3 is 0 Å². The normalized spacial score (nSPS) is 16.9. The van der Waals surface area contributed by atoms with E-state index in [1.807, 2.05) is 37.3 Å². The van der Waals surface area contributed by atoms with E-state index in [2.05, 4.69) is 20.5 Å². The van der Waals surface area contributed by atoms with E-state index < -0.39 is 0 Å². The molecule has 0 bridgehead atoms. The molecule has 21 heavy (non-hydrogen) atoms. The highest BCUT2D eigenvalue weighted by Gasteiger charge is 2.39. The van der Waals surface area contributed by atoms with Crippen molar-refractivity contribution < 1.29 is 4.79 Å². The van der Waals surface area contributed by atoms with Crippen molar-refractivity contribution in [3.05, 3.63) is 47.8 Å². The van der Waals surface area contributed by atoms with Gasteiger partial charge < -0.3 is 5.32 Å². The summed E-state index contributed by atoms with van der Waals surface area (Å²) < 4.78 is 0. The number of hydrogen-bond acceptors (Lipinski definition) is 4. The molecule has 2 aromatic rings. The van der Waals surface area contributed by atoms with Crippen LogP contribution < -0.4 is 5.32 Å². The number of benzene rings is 1. The molecule has 1 aliphatic carbocycles. The summed E-state index contributed by atoms with van der Waals surface area (Å²) in [7, 11) is 0. The smallest absolute Gasteiger partial charge is 0.231 e. The summed E-state index contributed by atoms with van der Waals surface area (Å²) in [5.41, 5.74) is 3.48. The van der Waals surface area contributed by atoms with Crippen LogP contribution in [0.4, 0.5) is 0 Å². The number of thioether (sulfide) groups is 1. The quantitative estimate of drug-likeness (QED) is 0.633. The van der Waals surface area contributed by atoms with Crippen molar-refractivity contribution in [2.75, 3.05) is 12.3 Å². The summed E-state index contributed by atoms with van der Waals surface area (Å²) in [5.74, 6) is 0.806. The van der Waals surface area contributed by atoms with E-state index in [-0.39, 0.29) is 11.8 Å². The monoisotopic (exact) mass is 300 g/mol. The van der Waals surface area contributed by atoms with Gasteiger partial charge in [-0.2, -0.15) is 5.10 Å². The molecule has 108 valence electrons. The Balaban J connectivity index is 1.45. The van der Waals surface area contributed by atoms with Gasteiger partial charge in [0.2, 0.25) is 5.91 Å². The Morgan fingerprint density at radius 2 is 2.19 bits per heavy atom. The van der Waals surface area contributed by atoms with Gasteiger partial charge in [-0.25, -0.2) is 4.98 Å². The van der Waals surface area contributed by atoms with Crippen molar-refractivity contribution in [2.45, 2.75) is 12.1 Å². The standard InChI is InChI=1S/C15H16N4OS/c1-10-12(11-5-3-2-4-6-11)13(10)14(20)16-7-8-21-15-17-9-18-19-15/h2-6,9,13H,7-8H2,1H3,(H,16,20)(H,17,18,19)/t13-/m0/s1. The summed E-state index contributed by atoms with van der Waals surface area (Å²) in [4.78, 5) is 16.2. The van der Waals surface area contributed by atoms with E-state index in [0.717, 1.165) is 22.0 Å². The van der Waals surface area contributed by atoms with Crippen LogP contribution >= 0.6 is 11.8 Å². The maximum atomic E-state index is 12.2. The second-order valence-electron chi connectivity index (χ2n) is 4.83. The Bertz CT molecular complexity index is 652. The van der Waals surface area contributed by atoms with Crippen LogP contribution in [0.2, 0.25) is 0 Å². The lowest BCUT2D eigenvalue weighted by Crippen LogP contribution is -2.28. The van der Waals surface area contributed by atoms with Gasteiger partial charge in [-0.3, -0.25) is 9.89 Å². The highest BCUT2D eigenvalue weighted by atomic mass is 32.2. The lowest BCUT2D eigenvalue weighted by molar-refractivity contribution is -0.121. The zero-order chi connectivity index (χ0) is 14.7. The molecular weight excluding hydrogens is 284 g/mol. The molecule has 0 saturated carbocycles. The molecule has 0 unspecified atom stereocenters. The molecule has 5 nitrogen and oxygen atoms in total. The summed E-state index contributed by atoms with van der Waals surface area (Å²) >= 11 is 1.54. The summed E-state index contributed by atoms with van der Waals surface area (Å²) in [5, 5.41) is 10.3. The van der Waals surface area contributed by atoms with Crippen molar-refractivity contribution in [3.63, 3.8) is 0 Å². The molecule has 0 radical (unpaired) electrons. The maximum Gasteiger partial charge on any atom is 0.231 e. The molecule has 0 spiro atoms. The van der Waals surface area contributed by atoms with Crippen molar-refractivity contribution in [1.29, 1.82) is 0 Å². The fourth-order valence-corrected chi connectivity index (χ4v) is 2.99. The zero-order valence-electron chi connectivity index (χ0n) is 11.7. The second-order valence-corrected chi connectivity index (χ2v) is 5.91. The third-order valence-corrected chi connectivity index (χ3v) is 4.32. The number of H-pyrrole nitrogens is 1. The summed E-state index contributed by atoms with van der Waals surface area (Å²) in [6.07, 6.45) is 1.48. The van der Waals surface area contributed by atoms with E-state index in [1.54, 1.807) is 11.8 Å². The third-order valence-electron chi connectivity index (χ3n) is 3.44. The number of hydrogen-bond donors (Lipinski definition) is 2. The van der Waals surface area contributed by atoms with Crippen molar-refractivity contribution in [2.24, 2.45) is 5.92 Å². The predicted molar refractivity (Wildman–Crippen MR) is 82.6 cm³/mol. The highest BCUT2D eigenvalue weighted by Crippen LogP contribution is 2.46. The molecule has 0 fully saturated rings. The van der Waals surface area contributed by atoms with Crippen LogP contribution in [-0.4, -0.2) is 33.4 Å². The van der Waals surface area contributed by atoms with Crippen LogP contribution in [0.3, 0.4) is 0 Å². The van der Waals surface area contributed by atoms with Crippen LogP contribution in [0.15, 0.2) is 47.4 Å². The molecule has 3 rings (SSSR count). The molecule has 2 N–H and O–H groups in total. The van der Waals surface area contributed by atoms with E-state index in [1.165, 1.54) is 11.9 Å². The van der Waals surface area contributed by atoms with Crippen molar-refractivity contribution >= 4 is 23.2 Å². The van der Waals surface area contributed by atoms with Gasteiger partial charge in [-0.05, 0) is 18.1 Å². The Kier molecular flexibility index (Phi) is 4.06. The molecule has 6 heteroatoms. The Morgan fingerprint density at radius 3 is 2.90 bits per heavy atom. The molecule has 1 heterocycles. The fraction of sp³-hybridized carbons (Fsp3) is 0.267. The Hall–Kier alpha value is -2.08. The van der Waals surface area contributed by atoms with Crippen molar-refractivity contribution in [1.82, 2.24) is 20.5 Å². The minimum absolute atomic E-state index is 0.0531. The SMILES string of the molecule is CC1=C(c2ccccc2)[C@H]1C(=O)NCCSc1ncn[nH]1. The van der Waals surface area contributed by atoms with E-state index >= 15 is 0 Å². The summed E-state index contributed by atoms with van der Waals surface area (Å²) in [6.45, 7) is 2.64. The molecule has 1 aromatic heterocycles. The number of aromatic nitrogens is 3. The van der Waals surface area contributed by atoms with Gasteiger partial charge in [-0.1, -0.05) is 47.7 Å². The predicted octanol–water partition coefficient (Wildman–Crippen LogP) is 2.12. The minimum atomic E-state index is -0.0531. The van der Waals surface area contributed by atoms with Gasteiger partial charge in [0.1, 0.15) is 6.33 Å². The largest absolute Gasteiger partial charge is 0.354 e. The van der Waals surface area contributed by atoms with Gasteiger partial charge in [-0.15, -0.1) is 0 Å². The van der Waals surface area contributed by atoms with Crippen LogP contribution in [-0.2, 0) is 4.79 Å². The number of amides is 1. The molecule has 1 amide bonds. The first kappa shape index (κ1) is 13.9. The average molecular weight is 300 g/mol. The van der Waals surface area contributed by atoms with Crippen LogP contribution in [0.5, 0.6) is 0 Å². The fourth-order valence-electron chi connectivity index (χ4n) is 2.36. The molecule has 1 aliphatic rings. The third kappa shape index (κ3) is 3.16. The Labute approximate surface area is 127 Å². The molecular formula is C15H16N4OS.